The number of carbonyl (C=O) groups is 1. The number of carbonyl (C=O) groups excluding carboxylic acids is 1. The van der Waals surface area contributed by atoms with Gasteiger partial charge in [-0.2, -0.15) is 0 Å². The molecule has 0 atom stereocenters. The van der Waals surface area contributed by atoms with E-state index in [1.807, 2.05) is 24.3 Å². The van der Waals surface area contributed by atoms with Crippen LogP contribution in [0.4, 0.5) is 0 Å². The Hall–Kier alpha value is -2.30. The van der Waals surface area contributed by atoms with Gasteiger partial charge in [-0.1, -0.05) is 48.7 Å². The van der Waals surface area contributed by atoms with Crippen LogP contribution in [0.3, 0.4) is 0 Å². The molecule has 0 amide bonds. The molecule has 2 aromatic rings. The topological polar surface area (TPSA) is 47.9 Å². The molecule has 0 N–H and O–H groups in total. The van der Waals surface area contributed by atoms with Gasteiger partial charge in [0.05, 0.1) is 16.7 Å². The van der Waals surface area contributed by atoms with Crippen molar-refractivity contribution in [1.29, 1.82) is 0 Å². The van der Waals surface area contributed by atoms with Crippen LogP contribution in [0.25, 0.3) is 6.08 Å². The molecule has 1 heterocycles. The second kappa shape index (κ2) is 8.39. The number of nitrogens with zero attached hydrogens (tertiary/aromatic N) is 1. The standard InChI is InChI=1S/C20H17Cl2NO3/c1-2-3-9-25-15-6-4-5-13(10-15)11-18-20(24)26-19(23-18)14-7-8-16(21)17(22)12-14/h4-8,10-12H,2-3,9H2,1H3/b18-11-. The zero-order valence-corrected chi connectivity index (χ0v) is 15.7. The SMILES string of the molecule is CCCCOc1cccc(/C=C2\N=C(c3ccc(Cl)c(Cl)c3)OC2=O)c1. The van der Waals surface area contributed by atoms with Crippen LogP contribution in [0, 0.1) is 0 Å². The zero-order chi connectivity index (χ0) is 18.5. The maximum absolute atomic E-state index is 12.1. The summed E-state index contributed by atoms with van der Waals surface area (Å²) in [4.78, 5) is 16.4. The third kappa shape index (κ3) is 4.45. The normalized spacial score (nSPS) is 15.1. The second-order valence-corrected chi connectivity index (χ2v) is 6.55. The molecular weight excluding hydrogens is 373 g/mol. The zero-order valence-electron chi connectivity index (χ0n) is 14.2. The minimum atomic E-state index is -0.511. The maximum Gasteiger partial charge on any atom is 0.363 e. The minimum absolute atomic E-state index is 0.204. The lowest BCUT2D eigenvalue weighted by molar-refractivity contribution is -0.129. The Morgan fingerprint density at radius 1 is 1.15 bits per heavy atom. The van der Waals surface area contributed by atoms with E-state index in [-0.39, 0.29) is 11.6 Å². The molecule has 26 heavy (non-hydrogen) atoms. The van der Waals surface area contributed by atoms with Gasteiger partial charge in [-0.25, -0.2) is 9.79 Å². The first kappa shape index (κ1) is 18.5. The molecule has 0 bridgehead atoms. The fourth-order valence-corrected chi connectivity index (χ4v) is 2.65. The smallest absolute Gasteiger partial charge is 0.363 e. The predicted octanol–water partition coefficient (Wildman–Crippen LogP) is 5.52. The third-order valence-corrected chi connectivity index (χ3v) is 4.45. The van der Waals surface area contributed by atoms with Gasteiger partial charge < -0.3 is 9.47 Å². The van der Waals surface area contributed by atoms with Crippen LogP contribution in [-0.2, 0) is 9.53 Å². The molecule has 0 spiro atoms. The summed E-state index contributed by atoms with van der Waals surface area (Å²) in [5.41, 5.74) is 1.62. The van der Waals surface area contributed by atoms with Crippen LogP contribution < -0.4 is 4.74 Å². The molecule has 0 aromatic heterocycles. The fraction of sp³-hybridized carbons (Fsp3) is 0.200. The van der Waals surface area contributed by atoms with Crippen molar-refractivity contribution < 1.29 is 14.3 Å². The number of aliphatic imine (C=N–C) groups is 1. The van der Waals surface area contributed by atoms with Gasteiger partial charge in [0.1, 0.15) is 5.75 Å². The van der Waals surface area contributed by atoms with E-state index in [2.05, 4.69) is 11.9 Å². The lowest BCUT2D eigenvalue weighted by Crippen LogP contribution is -2.05. The molecular formula is C20H17Cl2NO3. The molecule has 6 heteroatoms. The summed E-state index contributed by atoms with van der Waals surface area (Å²) in [5.74, 6) is 0.450. The van der Waals surface area contributed by atoms with Crippen molar-refractivity contribution in [2.75, 3.05) is 6.61 Å². The summed E-state index contributed by atoms with van der Waals surface area (Å²) in [5, 5.41) is 0.799. The molecule has 0 fully saturated rings. The Morgan fingerprint density at radius 2 is 2.00 bits per heavy atom. The Morgan fingerprint density at radius 3 is 2.77 bits per heavy atom. The van der Waals surface area contributed by atoms with Gasteiger partial charge in [-0.05, 0) is 48.4 Å². The molecule has 1 aliphatic rings. The quantitative estimate of drug-likeness (QED) is 0.371. The number of esters is 1. The molecule has 0 radical (unpaired) electrons. The molecule has 0 saturated carbocycles. The number of hydrogen-bond acceptors (Lipinski definition) is 4. The number of hydrogen-bond donors (Lipinski definition) is 0. The van der Waals surface area contributed by atoms with E-state index in [1.54, 1.807) is 24.3 Å². The van der Waals surface area contributed by atoms with E-state index >= 15 is 0 Å². The highest BCUT2D eigenvalue weighted by atomic mass is 35.5. The first-order chi connectivity index (χ1) is 12.6. The summed E-state index contributed by atoms with van der Waals surface area (Å²) >= 11 is 11.9. The van der Waals surface area contributed by atoms with Gasteiger partial charge in [0.15, 0.2) is 5.70 Å². The first-order valence-electron chi connectivity index (χ1n) is 8.27. The van der Waals surface area contributed by atoms with Gasteiger partial charge in [0, 0.05) is 5.56 Å². The summed E-state index contributed by atoms with van der Waals surface area (Å²) in [6, 6.07) is 12.4. The molecule has 2 aromatic carbocycles. The minimum Gasteiger partial charge on any atom is -0.494 e. The maximum atomic E-state index is 12.1. The molecule has 0 unspecified atom stereocenters. The number of benzene rings is 2. The van der Waals surface area contributed by atoms with E-state index in [0.717, 1.165) is 24.2 Å². The van der Waals surface area contributed by atoms with Crippen molar-refractivity contribution in [2.24, 2.45) is 4.99 Å². The van der Waals surface area contributed by atoms with Crippen LogP contribution in [-0.4, -0.2) is 18.5 Å². The highest BCUT2D eigenvalue weighted by Gasteiger charge is 2.24. The molecule has 3 rings (SSSR count). The van der Waals surface area contributed by atoms with E-state index < -0.39 is 5.97 Å². The van der Waals surface area contributed by atoms with Crippen LogP contribution in [0.2, 0.25) is 10.0 Å². The average molecular weight is 390 g/mol. The van der Waals surface area contributed by atoms with E-state index in [4.69, 9.17) is 32.7 Å². The first-order valence-corrected chi connectivity index (χ1v) is 9.03. The monoisotopic (exact) mass is 389 g/mol. The fourth-order valence-electron chi connectivity index (χ4n) is 2.35. The van der Waals surface area contributed by atoms with E-state index in [0.29, 0.717) is 22.2 Å². The van der Waals surface area contributed by atoms with E-state index in [1.165, 1.54) is 0 Å². The number of ether oxygens (including phenoxy) is 2. The second-order valence-electron chi connectivity index (χ2n) is 5.74. The lowest BCUT2D eigenvalue weighted by atomic mass is 10.2. The Balaban J connectivity index is 1.82. The molecule has 0 aliphatic carbocycles. The Kier molecular flexibility index (Phi) is 5.96. The van der Waals surface area contributed by atoms with Crippen LogP contribution in [0.1, 0.15) is 30.9 Å². The van der Waals surface area contributed by atoms with Crippen molar-refractivity contribution in [1.82, 2.24) is 0 Å². The number of rotatable bonds is 6. The third-order valence-electron chi connectivity index (χ3n) is 3.72. The summed E-state index contributed by atoms with van der Waals surface area (Å²) in [6.07, 6.45) is 3.73. The van der Waals surface area contributed by atoms with Gasteiger partial charge in [0.25, 0.3) is 0 Å². The highest BCUT2D eigenvalue weighted by molar-refractivity contribution is 6.42. The Labute approximate surface area is 162 Å². The van der Waals surface area contributed by atoms with Crippen LogP contribution in [0.15, 0.2) is 53.2 Å². The molecule has 4 nitrogen and oxygen atoms in total. The largest absolute Gasteiger partial charge is 0.494 e. The van der Waals surface area contributed by atoms with Gasteiger partial charge in [0.2, 0.25) is 5.90 Å². The van der Waals surface area contributed by atoms with Crippen LogP contribution >= 0.6 is 23.2 Å². The predicted molar refractivity (Wildman–Crippen MR) is 104 cm³/mol. The van der Waals surface area contributed by atoms with Gasteiger partial charge >= 0.3 is 5.97 Å². The number of cyclic esters (lactones) is 1. The van der Waals surface area contributed by atoms with Gasteiger partial charge in [-0.3, -0.25) is 0 Å². The van der Waals surface area contributed by atoms with Crippen molar-refractivity contribution in [3.05, 3.63) is 69.3 Å². The number of unbranched alkanes of at least 4 members (excludes halogenated alkanes) is 1. The van der Waals surface area contributed by atoms with Gasteiger partial charge in [-0.15, -0.1) is 0 Å². The van der Waals surface area contributed by atoms with Crippen molar-refractivity contribution in [3.63, 3.8) is 0 Å². The average Bonchev–Trinajstić information content (AvgIpc) is 2.99. The molecule has 134 valence electrons. The summed E-state index contributed by atoms with van der Waals surface area (Å²) in [7, 11) is 0. The summed E-state index contributed by atoms with van der Waals surface area (Å²) in [6.45, 7) is 2.78. The van der Waals surface area contributed by atoms with Crippen molar-refractivity contribution in [3.8, 4) is 5.75 Å². The van der Waals surface area contributed by atoms with Crippen molar-refractivity contribution >= 4 is 41.1 Å². The number of halogens is 2. The summed E-state index contributed by atoms with van der Waals surface area (Å²) < 4.78 is 10.9. The Bertz CT molecular complexity index is 890. The lowest BCUT2D eigenvalue weighted by Gasteiger charge is -2.05. The molecule has 0 saturated heterocycles. The van der Waals surface area contributed by atoms with E-state index in [9.17, 15) is 4.79 Å². The highest BCUT2D eigenvalue weighted by Crippen LogP contribution is 2.26. The molecule has 1 aliphatic heterocycles. The van der Waals surface area contributed by atoms with Crippen LogP contribution in [0.5, 0.6) is 5.75 Å². The van der Waals surface area contributed by atoms with Crippen molar-refractivity contribution in [2.45, 2.75) is 19.8 Å².